The van der Waals surface area contributed by atoms with Crippen LogP contribution in [0.4, 0.5) is 0 Å². The number of allylic oxidation sites excluding steroid dienone is 1. The number of aliphatic hydroxyl groups is 1. The van der Waals surface area contributed by atoms with E-state index in [2.05, 4.69) is 55.0 Å². The molecule has 242 valence electrons. The summed E-state index contributed by atoms with van der Waals surface area (Å²) in [4.78, 5) is 13.0. The van der Waals surface area contributed by atoms with Gasteiger partial charge in [-0.05, 0) is 140 Å². The third kappa shape index (κ3) is 4.45. The molecule has 44 heavy (non-hydrogen) atoms. The first kappa shape index (κ1) is 31.7. The molecule has 5 aliphatic carbocycles. The maximum atomic E-state index is 13.0. The molecule has 5 nitrogen and oxygen atoms in total. The van der Waals surface area contributed by atoms with Gasteiger partial charge >= 0.3 is 5.97 Å². The zero-order chi connectivity index (χ0) is 32.0. The Morgan fingerprint density at radius 2 is 1.66 bits per heavy atom. The van der Waals surface area contributed by atoms with Gasteiger partial charge in [0.2, 0.25) is 0 Å². The highest BCUT2D eigenvalue weighted by Crippen LogP contribution is 2.77. The first-order valence-corrected chi connectivity index (χ1v) is 17.2. The smallest absolute Gasteiger partial charge is 0.331 e. The van der Waals surface area contributed by atoms with E-state index < -0.39 is 12.1 Å². The summed E-state index contributed by atoms with van der Waals surface area (Å²) >= 11 is 0. The molecule has 1 aromatic carbocycles. The van der Waals surface area contributed by atoms with Crippen LogP contribution in [0, 0.1) is 56.7 Å². The summed E-state index contributed by atoms with van der Waals surface area (Å²) in [5.41, 5.74) is 2.23. The summed E-state index contributed by atoms with van der Waals surface area (Å²) < 4.78 is 6.13. The molecule has 0 saturated heterocycles. The maximum Gasteiger partial charge on any atom is 0.331 e. The van der Waals surface area contributed by atoms with Gasteiger partial charge in [0.25, 0.3) is 0 Å². The van der Waals surface area contributed by atoms with Crippen molar-refractivity contribution in [2.75, 3.05) is 0 Å². The number of carbonyl (C=O) groups is 1. The summed E-state index contributed by atoms with van der Waals surface area (Å²) in [7, 11) is 0. The van der Waals surface area contributed by atoms with Gasteiger partial charge in [-0.1, -0.05) is 59.8 Å². The molecule has 5 saturated carbocycles. The normalized spacial score (nSPS) is 46.0. The van der Waals surface area contributed by atoms with Crippen LogP contribution in [0.5, 0.6) is 11.5 Å². The Hall–Kier alpha value is -2.27. The molecule has 5 heteroatoms. The van der Waals surface area contributed by atoms with Crippen LogP contribution in [0.1, 0.15) is 112 Å². The third-order valence-electron chi connectivity index (χ3n) is 15.0. The zero-order valence-corrected chi connectivity index (χ0v) is 28.2. The minimum absolute atomic E-state index is 0.0314. The van der Waals surface area contributed by atoms with Crippen LogP contribution in [0.15, 0.2) is 36.4 Å². The van der Waals surface area contributed by atoms with Crippen LogP contribution in [0.25, 0.3) is 6.08 Å². The SMILES string of the molecule is C=C(C)[C@@H]1CC[C@]2(C)CC[C@]3(C)[C@H](CC[C@@H]4[C@@]5(C)CC[C@H](OC(=O)/C=C/c6ccc(O)c(O)c6)C(C)(C)[C@@H]5[C@@H](O)C[C@]43C)[C@@H]12. The number of fused-ring (bicyclic) bond motifs is 7. The number of phenols is 2. The topological polar surface area (TPSA) is 87.0 Å². The molecular formula is C39H56O5. The monoisotopic (exact) mass is 604 g/mol. The Kier molecular flexibility index (Phi) is 7.47. The first-order chi connectivity index (χ1) is 20.5. The van der Waals surface area contributed by atoms with Crippen LogP contribution < -0.4 is 0 Å². The van der Waals surface area contributed by atoms with Gasteiger partial charge in [-0.15, -0.1) is 0 Å². The predicted molar refractivity (Wildman–Crippen MR) is 175 cm³/mol. The lowest BCUT2D eigenvalue weighted by molar-refractivity contribution is -0.275. The fourth-order valence-electron chi connectivity index (χ4n) is 12.9. The third-order valence-corrected chi connectivity index (χ3v) is 15.0. The van der Waals surface area contributed by atoms with Gasteiger partial charge in [0.05, 0.1) is 6.10 Å². The highest BCUT2D eigenvalue weighted by atomic mass is 16.5. The number of rotatable bonds is 4. The average molecular weight is 605 g/mol. The van der Waals surface area contributed by atoms with E-state index in [0.29, 0.717) is 34.7 Å². The minimum atomic E-state index is -0.447. The van der Waals surface area contributed by atoms with Gasteiger partial charge < -0.3 is 20.1 Å². The Morgan fingerprint density at radius 3 is 2.34 bits per heavy atom. The van der Waals surface area contributed by atoms with Crippen LogP contribution in [0.3, 0.4) is 0 Å². The largest absolute Gasteiger partial charge is 0.504 e. The van der Waals surface area contributed by atoms with Crippen molar-refractivity contribution in [1.29, 1.82) is 0 Å². The molecule has 0 unspecified atom stereocenters. The Labute approximate surface area is 265 Å². The molecule has 0 heterocycles. The maximum absolute atomic E-state index is 13.0. The Morgan fingerprint density at radius 1 is 0.932 bits per heavy atom. The summed E-state index contributed by atoms with van der Waals surface area (Å²) in [5.74, 6) is 1.72. The first-order valence-electron chi connectivity index (χ1n) is 17.2. The number of carbonyl (C=O) groups excluding carboxylic acids is 1. The lowest BCUT2D eigenvalue weighted by Crippen LogP contribution is -2.69. The fourth-order valence-corrected chi connectivity index (χ4v) is 12.9. The fraction of sp³-hybridized carbons (Fsp3) is 0.718. The molecule has 5 aliphatic rings. The van der Waals surface area contributed by atoms with E-state index in [-0.39, 0.29) is 45.2 Å². The van der Waals surface area contributed by atoms with Gasteiger partial charge in [-0.25, -0.2) is 4.79 Å². The molecule has 0 bridgehead atoms. The zero-order valence-electron chi connectivity index (χ0n) is 28.2. The van der Waals surface area contributed by atoms with E-state index in [0.717, 1.165) is 19.3 Å². The van der Waals surface area contributed by atoms with Crippen molar-refractivity contribution in [3.63, 3.8) is 0 Å². The number of hydrogen-bond acceptors (Lipinski definition) is 5. The molecule has 0 aromatic heterocycles. The molecule has 0 aliphatic heterocycles. The second-order valence-corrected chi connectivity index (χ2v) is 17.4. The molecule has 1 aromatic rings. The highest BCUT2D eigenvalue weighted by Gasteiger charge is 2.72. The average Bonchev–Trinajstić information content (AvgIpc) is 3.29. The van der Waals surface area contributed by atoms with E-state index in [1.807, 2.05) is 0 Å². The van der Waals surface area contributed by atoms with Crippen molar-refractivity contribution in [3.05, 3.63) is 42.0 Å². The van der Waals surface area contributed by atoms with Crippen molar-refractivity contribution in [1.82, 2.24) is 0 Å². The van der Waals surface area contributed by atoms with Crippen LogP contribution in [-0.4, -0.2) is 33.5 Å². The molecule has 6 rings (SSSR count). The minimum Gasteiger partial charge on any atom is -0.504 e. The molecule has 0 spiro atoms. The van der Waals surface area contributed by atoms with Gasteiger partial charge in [0, 0.05) is 11.5 Å². The Balaban J connectivity index is 1.25. The van der Waals surface area contributed by atoms with E-state index >= 15 is 0 Å². The highest BCUT2D eigenvalue weighted by molar-refractivity contribution is 5.87. The molecule has 0 amide bonds. The number of esters is 1. The number of aliphatic hydroxyl groups excluding tert-OH is 1. The van der Waals surface area contributed by atoms with E-state index in [9.17, 15) is 20.1 Å². The van der Waals surface area contributed by atoms with Crippen LogP contribution >= 0.6 is 0 Å². The van der Waals surface area contributed by atoms with Crippen molar-refractivity contribution < 1.29 is 24.9 Å². The quantitative estimate of drug-likeness (QED) is 0.139. The van der Waals surface area contributed by atoms with E-state index in [1.54, 1.807) is 12.1 Å². The van der Waals surface area contributed by atoms with Gasteiger partial charge in [0.15, 0.2) is 11.5 Å². The summed E-state index contributed by atoms with van der Waals surface area (Å²) in [6, 6.07) is 4.45. The van der Waals surface area contributed by atoms with E-state index in [4.69, 9.17) is 4.74 Å². The van der Waals surface area contributed by atoms with Crippen LogP contribution in [0.2, 0.25) is 0 Å². The summed E-state index contributed by atoms with van der Waals surface area (Å²) in [6.45, 7) is 21.3. The van der Waals surface area contributed by atoms with Crippen molar-refractivity contribution >= 4 is 12.0 Å². The lowest BCUT2D eigenvalue weighted by atomic mass is 9.32. The molecule has 5 fully saturated rings. The summed E-state index contributed by atoms with van der Waals surface area (Å²) in [6.07, 6.45) is 12.4. The number of phenolic OH excluding ortho intramolecular Hbond substituents is 2. The molecule has 0 radical (unpaired) electrons. The van der Waals surface area contributed by atoms with Crippen LogP contribution in [-0.2, 0) is 9.53 Å². The number of benzene rings is 1. The van der Waals surface area contributed by atoms with Gasteiger partial charge in [-0.2, -0.15) is 0 Å². The standard InChI is InChI=1S/C39H56O5/c1-23(2)25-15-17-36(5)19-20-38(7)26(33(25)36)11-13-30-37(6)18-16-31(35(3,4)34(37)29(42)22-39(30,38)8)44-32(43)14-10-24-9-12-27(40)28(41)21-24/h9-10,12,14,21,25-26,29-31,33-34,40-42H,1,11,13,15-20,22H2,2-8H3/b14-10+/t25-,26+,29-,30+,31-,33+,34-,36+,37+,38+,39+/m0/s1. The molecule has 3 N–H and O–H groups in total. The number of ether oxygens (including phenoxy) is 1. The summed E-state index contributed by atoms with van der Waals surface area (Å²) in [5, 5.41) is 31.6. The number of hydrogen-bond donors (Lipinski definition) is 3. The van der Waals surface area contributed by atoms with E-state index in [1.165, 1.54) is 62.3 Å². The predicted octanol–water partition coefficient (Wildman–Crippen LogP) is 8.67. The Bertz CT molecular complexity index is 1360. The second kappa shape index (κ2) is 10.4. The van der Waals surface area contributed by atoms with Gasteiger partial charge in [0.1, 0.15) is 6.10 Å². The molecular weight excluding hydrogens is 548 g/mol. The second-order valence-electron chi connectivity index (χ2n) is 17.4. The van der Waals surface area contributed by atoms with Crippen molar-refractivity contribution in [2.45, 2.75) is 118 Å². The molecule has 11 atom stereocenters. The van der Waals surface area contributed by atoms with Crippen molar-refractivity contribution in [3.8, 4) is 11.5 Å². The lowest BCUT2D eigenvalue weighted by Gasteiger charge is -2.73. The van der Waals surface area contributed by atoms with Crippen molar-refractivity contribution in [2.24, 2.45) is 56.7 Å². The number of aromatic hydroxyl groups is 2. The van der Waals surface area contributed by atoms with Gasteiger partial charge in [-0.3, -0.25) is 0 Å².